The summed E-state index contributed by atoms with van der Waals surface area (Å²) in [5, 5.41) is 18.6. The van der Waals surface area contributed by atoms with Gasteiger partial charge < -0.3 is 5.11 Å². The van der Waals surface area contributed by atoms with Crippen LogP contribution >= 0.6 is 11.3 Å². The quantitative estimate of drug-likeness (QED) is 0.465. The Morgan fingerprint density at radius 3 is 2.44 bits per heavy atom. The Balaban J connectivity index is 1.93. The molecule has 0 aliphatic rings. The third kappa shape index (κ3) is 5.37. The maximum absolute atomic E-state index is 14.2. The van der Waals surface area contributed by atoms with Crippen LogP contribution in [0.4, 0.5) is 9.52 Å². The van der Waals surface area contributed by atoms with E-state index in [0.717, 1.165) is 35.1 Å². The molecule has 2 aromatic carbocycles. The topological polar surface area (TPSA) is 83.4 Å². The van der Waals surface area contributed by atoms with E-state index in [2.05, 4.69) is 10.2 Å². The van der Waals surface area contributed by atoms with Crippen LogP contribution in [-0.4, -0.2) is 33.7 Å². The molecule has 6 nitrogen and oxygen atoms in total. The SMILES string of the molecule is CCCCN(C(=O)c1ccccc1F)c1nnc(-c2c(C)cc(CCC(=O)O)cc2C)s1. The molecule has 0 atom stereocenters. The van der Waals surface area contributed by atoms with E-state index < -0.39 is 17.7 Å². The number of carboxylic acid groups (broad SMARTS) is 1. The van der Waals surface area contributed by atoms with Gasteiger partial charge in [-0.1, -0.05) is 48.9 Å². The fourth-order valence-electron chi connectivity index (χ4n) is 3.59. The minimum atomic E-state index is -0.829. The van der Waals surface area contributed by atoms with Gasteiger partial charge in [-0.15, -0.1) is 10.2 Å². The van der Waals surface area contributed by atoms with Crippen molar-refractivity contribution in [2.45, 2.75) is 46.5 Å². The number of benzene rings is 2. The lowest BCUT2D eigenvalue weighted by atomic mass is 9.97. The lowest BCUT2D eigenvalue weighted by Gasteiger charge is -2.19. The summed E-state index contributed by atoms with van der Waals surface area (Å²) >= 11 is 1.29. The lowest BCUT2D eigenvalue weighted by molar-refractivity contribution is -0.136. The van der Waals surface area contributed by atoms with Gasteiger partial charge in [-0.2, -0.15) is 0 Å². The molecule has 3 rings (SSSR count). The summed E-state index contributed by atoms with van der Waals surface area (Å²) in [6.07, 6.45) is 2.17. The van der Waals surface area contributed by atoms with Crippen molar-refractivity contribution in [3.05, 3.63) is 64.5 Å². The Labute approximate surface area is 190 Å². The van der Waals surface area contributed by atoms with Crippen LogP contribution in [0.5, 0.6) is 0 Å². The molecular formula is C24H26FN3O3S. The molecule has 0 radical (unpaired) electrons. The molecule has 0 fully saturated rings. The van der Waals surface area contributed by atoms with E-state index in [0.29, 0.717) is 23.1 Å². The summed E-state index contributed by atoms with van der Waals surface area (Å²) in [6.45, 7) is 6.35. The second-order valence-electron chi connectivity index (χ2n) is 7.68. The van der Waals surface area contributed by atoms with Gasteiger partial charge in [-0.25, -0.2) is 4.39 Å². The van der Waals surface area contributed by atoms with Gasteiger partial charge in [-0.05, 0) is 55.5 Å². The van der Waals surface area contributed by atoms with Gasteiger partial charge >= 0.3 is 5.97 Å². The monoisotopic (exact) mass is 455 g/mol. The first kappa shape index (κ1) is 23.5. The predicted molar refractivity (Wildman–Crippen MR) is 124 cm³/mol. The summed E-state index contributed by atoms with van der Waals surface area (Å²) in [5.41, 5.74) is 3.81. The normalized spacial score (nSPS) is 10.9. The van der Waals surface area contributed by atoms with Crippen molar-refractivity contribution < 1.29 is 19.1 Å². The Hall–Kier alpha value is -3.13. The Kier molecular flexibility index (Phi) is 7.69. The molecule has 0 saturated carbocycles. The van der Waals surface area contributed by atoms with Crippen molar-refractivity contribution >= 4 is 28.3 Å². The smallest absolute Gasteiger partial charge is 0.303 e. The van der Waals surface area contributed by atoms with Crippen molar-refractivity contribution in [1.82, 2.24) is 10.2 Å². The molecule has 8 heteroatoms. The number of halogens is 1. The van der Waals surface area contributed by atoms with E-state index in [4.69, 9.17) is 5.11 Å². The number of carbonyl (C=O) groups is 2. The van der Waals surface area contributed by atoms with Crippen LogP contribution in [0.2, 0.25) is 0 Å². The standard InChI is InChI=1S/C24H26FN3O3S/c1-4-5-12-28(23(31)18-8-6-7-9-19(18)25)24-27-26-22(32-24)21-15(2)13-17(14-16(21)3)10-11-20(29)30/h6-9,13-14H,4-5,10-12H2,1-3H3,(H,29,30). The van der Waals surface area contributed by atoms with Crippen molar-refractivity contribution in [1.29, 1.82) is 0 Å². The van der Waals surface area contributed by atoms with E-state index >= 15 is 0 Å². The highest BCUT2D eigenvalue weighted by atomic mass is 32.1. The fourth-order valence-corrected chi connectivity index (χ4v) is 4.64. The number of nitrogens with zero attached hydrogens (tertiary/aromatic N) is 3. The van der Waals surface area contributed by atoms with Crippen molar-refractivity contribution in [3.63, 3.8) is 0 Å². The minimum absolute atomic E-state index is 0.00972. The van der Waals surface area contributed by atoms with Crippen LogP contribution < -0.4 is 4.90 Å². The van der Waals surface area contributed by atoms with Crippen LogP contribution in [0.3, 0.4) is 0 Å². The maximum atomic E-state index is 14.2. The van der Waals surface area contributed by atoms with Crippen molar-refractivity contribution in [2.75, 3.05) is 11.4 Å². The highest BCUT2D eigenvalue weighted by Gasteiger charge is 2.24. The summed E-state index contributed by atoms with van der Waals surface area (Å²) < 4.78 is 14.2. The number of carbonyl (C=O) groups excluding carboxylic acids is 1. The number of aliphatic carboxylic acids is 1. The molecule has 0 saturated heterocycles. The maximum Gasteiger partial charge on any atom is 0.303 e. The van der Waals surface area contributed by atoms with E-state index in [1.54, 1.807) is 12.1 Å². The molecule has 3 aromatic rings. The zero-order valence-electron chi connectivity index (χ0n) is 18.4. The Morgan fingerprint density at radius 2 is 1.81 bits per heavy atom. The number of hydrogen-bond donors (Lipinski definition) is 1. The largest absolute Gasteiger partial charge is 0.481 e. The second kappa shape index (κ2) is 10.5. The molecule has 168 valence electrons. The predicted octanol–water partition coefficient (Wildman–Crippen LogP) is 5.43. The number of unbranched alkanes of at least 4 members (excludes halogenated alkanes) is 1. The minimum Gasteiger partial charge on any atom is -0.481 e. The zero-order chi connectivity index (χ0) is 23.3. The number of aromatic nitrogens is 2. The van der Waals surface area contributed by atoms with Gasteiger partial charge in [0.2, 0.25) is 5.13 Å². The molecule has 0 aliphatic heterocycles. The molecule has 1 heterocycles. The average molecular weight is 456 g/mol. The number of aryl methyl sites for hydroxylation is 3. The number of amides is 1. The molecule has 0 spiro atoms. The Bertz CT molecular complexity index is 1110. The molecule has 32 heavy (non-hydrogen) atoms. The number of hydrogen-bond acceptors (Lipinski definition) is 5. The van der Waals surface area contributed by atoms with E-state index in [1.807, 2.05) is 32.9 Å². The average Bonchev–Trinajstić information content (AvgIpc) is 3.21. The zero-order valence-corrected chi connectivity index (χ0v) is 19.2. The van der Waals surface area contributed by atoms with Gasteiger partial charge in [0.15, 0.2) is 0 Å². The van der Waals surface area contributed by atoms with Crippen LogP contribution in [0, 0.1) is 19.7 Å². The number of rotatable bonds is 9. The third-order valence-corrected chi connectivity index (χ3v) is 6.13. The number of carboxylic acids is 1. The first-order valence-electron chi connectivity index (χ1n) is 10.5. The van der Waals surface area contributed by atoms with Gasteiger partial charge in [0.05, 0.1) is 5.56 Å². The summed E-state index contributed by atoms with van der Waals surface area (Å²) in [4.78, 5) is 25.5. The first-order valence-corrected chi connectivity index (χ1v) is 11.4. The molecule has 1 amide bonds. The van der Waals surface area contributed by atoms with Gasteiger partial charge in [0.25, 0.3) is 5.91 Å². The van der Waals surface area contributed by atoms with E-state index in [-0.39, 0.29) is 12.0 Å². The third-order valence-electron chi connectivity index (χ3n) is 5.16. The lowest BCUT2D eigenvalue weighted by Crippen LogP contribution is -2.32. The van der Waals surface area contributed by atoms with Crippen molar-refractivity contribution in [3.8, 4) is 10.6 Å². The molecular weight excluding hydrogens is 429 g/mol. The Morgan fingerprint density at radius 1 is 1.12 bits per heavy atom. The molecule has 1 aromatic heterocycles. The van der Waals surface area contributed by atoms with E-state index in [1.165, 1.54) is 28.4 Å². The van der Waals surface area contributed by atoms with Crippen LogP contribution in [0.15, 0.2) is 36.4 Å². The first-order chi connectivity index (χ1) is 15.3. The van der Waals surface area contributed by atoms with Gasteiger partial charge in [0, 0.05) is 18.5 Å². The van der Waals surface area contributed by atoms with Crippen LogP contribution in [0.1, 0.15) is 53.2 Å². The van der Waals surface area contributed by atoms with Crippen LogP contribution in [-0.2, 0) is 11.2 Å². The van der Waals surface area contributed by atoms with E-state index in [9.17, 15) is 14.0 Å². The number of anilines is 1. The van der Waals surface area contributed by atoms with Gasteiger partial charge in [-0.3, -0.25) is 14.5 Å². The molecule has 1 N–H and O–H groups in total. The molecule has 0 unspecified atom stereocenters. The summed E-state index contributed by atoms with van der Waals surface area (Å²) in [6, 6.07) is 9.87. The van der Waals surface area contributed by atoms with Crippen LogP contribution in [0.25, 0.3) is 10.6 Å². The van der Waals surface area contributed by atoms with Crippen molar-refractivity contribution in [2.24, 2.45) is 0 Å². The summed E-state index contributed by atoms with van der Waals surface area (Å²) in [7, 11) is 0. The van der Waals surface area contributed by atoms with Gasteiger partial charge in [0.1, 0.15) is 10.8 Å². The molecule has 0 bridgehead atoms. The summed E-state index contributed by atoms with van der Waals surface area (Å²) in [5.74, 6) is -1.83. The highest BCUT2D eigenvalue weighted by molar-refractivity contribution is 7.18. The molecule has 0 aliphatic carbocycles. The highest BCUT2D eigenvalue weighted by Crippen LogP contribution is 2.34. The fraction of sp³-hybridized carbons (Fsp3) is 0.333. The second-order valence-corrected chi connectivity index (χ2v) is 8.63.